The summed E-state index contributed by atoms with van der Waals surface area (Å²) >= 11 is 0. The van der Waals surface area contributed by atoms with Gasteiger partial charge in [0.2, 0.25) is 5.91 Å². The van der Waals surface area contributed by atoms with E-state index in [9.17, 15) is 9.59 Å². The number of aryl methyl sites for hydroxylation is 1. The number of carbonyl (C=O) groups is 2. The van der Waals surface area contributed by atoms with Crippen molar-refractivity contribution < 1.29 is 23.6 Å². The number of amides is 2. The highest BCUT2D eigenvalue weighted by atomic mass is 16.5. The maximum absolute atomic E-state index is 12.7. The van der Waals surface area contributed by atoms with Gasteiger partial charge >= 0.3 is 0 Å². The molecule has 0 aromatic carbocycles. The molecule has 1 saturated carbocycles. The first-order valence-corrected chi connectivity index (χ1v) is 9.53. The fourth-order valence-corrected chi connectivity index (χ4v) is 4.56. The van der Waals surface area contributed by atoms with Crippen LogP contribution in [0.1, 0.15) is 53.9 Å². The average molecular weight is 379 g/mol. The highest BCUT2D eigenvalue weighted by Gasteiger charge is 2.50. The molecule has 0 unspecified atom stereocenters. The standard InChI is InChI=1S/C19H29N3O5/c1-13-14(11-26-3)17(21-27-13)18(24)20-12-19-7-4-5-15(19)22(9-10-25-2)16(23)6-8-19/h15H,4-12H2,1-3H3,(H,20,24)/t15-,19+/m1/s1. The molecule has 1 N–H and O–H groups in total. The summed E-state index contributed by atoms with van der Waals surface area (Å²) in [7, 11) is 3.22. The van der Waals surface area contributed by atoms with E-state index in [1.54, 1.807) is 21.1 Å². The summed E-state index contributed by atoms with van der Waals surface area (Å²) in [6.07, 6.45) is 4.38. The molecule has 1 saturated heterocycles. The monoisotopic (exact) mass is 379 g/mol. The van der Waals surface area contributed by atoms with E-state index in [4.69, 9.17) is 14.0 Å². The molecule has 2 aliphatic rings. The van der Waals surface area contributed by atoms with E-state index in [0.717, 1.165) is 25.7 Å². The summed E-state index contributed by atoms with van der Waals surface area (Å²) in [6.45, 7) is 3.72. The van der Waals surface area contributed by atoms with Crippen molar-refractivity contribution in [3.63, 3.8) is 0 Å². The van der Waals surface area contributed by atoms with Crippen LogP contribution in [0, 0.1) is 12.3 Å². The number of nitrogens with zero attached hydrogens (tertiary/aromatic N) is 2. The van der Waals surface area contributed by atoms with Gasteiger partial charge in [-0.05, 0) is 26.2 Å². The number of carbonyl (C=O) groups excluding carboxylic acids is 2. The van der Waals surface area contributed by atoms with Gasteiger partial charge in [0.1, 0.15) is 5.76 Å². The van der Waals surface area contributed by atoms with Crippen LogP contribution in [0.15, 0.2) is 4.52 Å². The fourth-order valence-electron chi connectivity index (χ4n) is 4.56. The summed E-state index contributed by atoms with van der Waals surface area (Å²) in [4.78, 5) is 27.1. The van der Waals surface area contributed by atoms with Crippen LogP contribution in [0.25, 0.3) is 0 Å². The second kappa shape index (κ2) is 8.39. The van der Waals surface area contributed by atoms with Gasteiger partial charge in [0.05, 0.1) is 18.8 Å². The zero-order valence-corrected chi connectivity index (χ0v) is 16.4. The van der Waals surface area contributed by atoms with E-state index in [-0.39, 0.29) is 35.6 Å². The Morgan fingerprint density at radius 3 is 2.93 bits per heavy atom. The molecule has 1 aromatic heterocycles. The minimum absolute atomic E-state index is 0.0719. The van der Waals surface area contributed by atoms with Crippen LogP contribution < -0.4 is 5.32 Å². The molecule has 2 atom stereocenters. The van der Waals surface area contributed by atoms with Crippen molar-refractivity contribution in [2.24, 2.45) is 5.41 Å². The van der Waals surface area contributed by atoms with Crippen LogP contribution in [-0.4, -0.2) is 61.8 Å². The number of piperidine rings is 1. The Morgan fingerprint density at radius 1 is 1.37 bits per heavy atom. The number of rotatable bonds is 8. The number of aromatic nitrogens is 1. The van der Waals surface area contributed by atoms with Gasteiger partial charge in [-0.15, -0.1) is 0 Å². The van der Waals surface area contributed by atoms with Crippen LogP contribution >= 0.6 is 0 Å². The fraction of sp³-hybridized carbons (Fsp3) is 0.737. The molecule has 0 bridgehead atoms. The second-order valence-electron chi connectivity index (χ2n) is 7.53. The summed E-state index contributed by atoms with van der Waals surface area (Å²) < 4.78 is 15.5. The lowest BCUT2D eigenvalue weighted by molar-refractivity contribution is -0.142. The van der Waals surface area contributed by atoms with Crippen LogP contribution in [-0.2, 0) is 20.9 Å². The predicted octanol–water partition coefficient (Wildman–Crippen LogP) is 1.67. The average Bonchev–Trinajstić information content (AvgIpc) is 3.24. The molecule has 150 valence electrons. The lowest BCUT2D eigenvalue weighted by Gasteiger charge is -2.46. The third kappa shape index (κ3) is 3.87. The SMILES string of the molecule is COCCN1C(=O)CC[C@]2(CNC(=O)c3noc(C)c3COC)CCC[C@@H]12. The quantitative estimate of drug-likeness (QED) is 0.738. The number of ether oxygens (including phenoxy) is 2. The normalized spacial score (nSPS) is 24.9. The Kier molecular flexibility index (Phi) is 6.16. The van der Waals surface area contributed by atoms with Gasteiger partial charge in [-0.25, -0.2) is 0 Å². The van der Waals surface area contributed by atoms with Crippen molar-refractivity contribution in [3.8, 4) is 0 Å². The zero-order chi connectivity index (χ0) is 19.4. The van der Waals surface area contributed by atoms with Crippen LogP contribution in [0.2, 0.25) is 0 Å². The first-order valence-electron chi connectivity index (χ1n) is 9.53. The van der Waals surface area contributed by atoms with Gasteiger partial charge in [0.25, 0.3) is 5.91 Å². The molecule has 2 heterocycles. The molecule has 0 spiro atoms. The van der Waals surface area contributed by atoms with Crippen molar-refractivity contribution >= 4 is 11.8 Å². The third-order valence-corrected chi connectivity index (χ3v) is 6.02. The molecule has 0 radical (unpaired) electrons. The highest BCUT2D eigenvalue weighted by molar-refractivity contribution is 5.93. The second-order valence-corrected chi connectivity index (χ2v) is 7.53. The smallest absolute Gasteiger partial charge is 0.273 e. The first-order chi connectivity index (χ1) is 13.0. The Labute approximate surface area is 159 Å². The van der Waals surface area contributed by atoms with Gasteiger partial charge < -0.3 is 24.2 Å². The molecule has 2 amide bonds. The van der Waals surface area contributed by atoms with Crippen molar-refractivity contribution in [2.45, 2.75) is 51.7 Å². The summed E-state index contributed by atoms with van der Waals surface area (Å²) in [6, 6.07) is 0.159. The van der Waals surface area contributed by atoms with Crippen LogP contribution in [0.3, 0.4) is 0 Å². The number of hydrogen-bond donors (Lipinski definition) is 1. The molecule has 1 aliphatic carbocycles. The van der Waals surface area contributed by atoms with Crippen molar-refractivity contribution in [2.75, 3.05) is 33.9 Å². The zero-order valence-electron chi connectivity index (χ0n) is 16.4. The topological polar surface area (TPSA) is 93.9 Å². The first kappa shape index (κ1) is 19.8. The number of methoxy groups -OCH3 is 2. The lowest BCUT2D eigenvalue weighted by Crippen LogP contribution is -2.56. The Hall–Kier alpha value is -1.93. The molecule has 3 rings (SSSR count). The van der Waals surface area contributed by atoms with Gasteiger partial charge in [-0.1, -0.05) is 11.6 Å². The van der Waals surface area contributed by atoms with Crippen molar-refractivity contribution in [1.29, 1.82) is 0 Å². The molecule has 8 heteroatoms. The number of likely N-dealkylation sites (tertiary alicyclic amines) is 1. The van der Waals surface area contributed by atoms with Gasteiger partial charge in [0, 0.05) is 45.2 Å². The van der Waals surface area contributed by atoms with E-state index < -0.39 is 0 Å². The lowest BCUT2D eigenvalue weighted by atomic mass is 9.74. The molecular formula is C19H29N3O5. The molecule has 1 aliphatic heterocycles. The predicted molar refractivity (Wildman–Crippen MR) is 97.2 cm³/mol. The number of hydrogen-bond acceptors (Lipinski definition) is 6. The van der Waals surface area contributed by atoms with Crippen molar-refractivity contribution in [1.82, 2.24) is 15.4 Å². The van der Waals surface area contributed by atoms with E-state index in [1.807, 2.05) is 4.90 Å². The van der Waals surface area contributed by atoms with Crippen LogP contribution in [0.4, 0.5) is 0 Å². The maximum Gasteiger partial charge on any atom is 0.273 e. The molecule has 1 aromatic rings. The maximum atomic E-state index is 12.7. The Balaban J connectivity index is 1.70. The van der Waals surface area contributed by atoms with Gasteiger partial charge in [-0.3, -0.25) is 9.59 Å². The largest absolute Gasteiger partial charge is 0.383 e. The summed E-state index contributed by atoms with van der Waals surface area (Å²) in [5.41, 5.74) is 0.886. The van der Waals surface area contributed by atoms with E-state index in [2.05, 4.69) is 10.5 Å². The number of fused-ring (bicyclic) bond motifs is 1. The Bertz CT molecular complexity index is 689. The minimum atomic E-state index is -0.251. The minimum Gasteiger partial charge on any atom is -0.383 e. The Morgan fingerprint density at radius 2 is 2.19 bits per heavy atom. The van der Waals surface area contributed by atoms with E-state index in [0.29, 0.717) is 37.4 Å². The molecule has 2 fully saturated rings. The number of nitrogens with one attached hydrogen (secondary N) is 1. The third-order valence-electron chi connectivity index (χ3n) is 6.02. The highest BCUT2D eigenvalue weighted by Crippen LogP contribution is 2.47. The summed E-state index contributed by atoms with van der Waals surface area (Å²) in [5, 5.41) is 6.95. The van der Waals surface area contributed by atoms with Gasteiger partial charge in [0.15, 0.2) is 5.69 Å². The van der Waals surface area contributed by atoms with Crippen molar-refractivity contribution in [3.05, 3.63) is 17.0 Å². The van der Waals surface area contributed by atoms with E-state index in [1.165, 1.54) is 0 Å². The van der Waals surface area contributed by atoms with Gasteiger partial charge in [-0.2, -0.15) is 0 Å². The molecular weight excluding hydrogens is 350 g/mol. The van der Waals surface area contributed by atoms with E-state index >= 15 is 0 Å². The summed E-state index contributed by atoms with van der Waals surface area (Å²) in [5.74, 6) is 0.530. The van der Waals surface area contributed by atoms with Crippen LogP contribution in [0.5, 0.6) is 0 Å². The molecule has 27 heavy (non-hydrogen) atoms. The molecule has 8 nitrogen and oxygen atoms in total.